The van der Waals surface area contributed by atoms with E-state index >= 15 is 0 Å². The van der Waals surface area contributed by atoms with Crippen LogP contribution in [0.2, 0.25) is 0 Å². The minimum atomic E-state index is -3.17. The fraction of sp³-hybridized carbons (Fsp3) is 0.909. The van der Waals surface area contributed by atoms with Crippen molar-refractivity contribution >= 4 is 16.2 Å². The number of carbonyl (C=O) groups excluding carboxylic acids is 1. The third-order valence-electron chi connectivity index (χ3n) is 2.41. The van der Waals surface area contributed by atoms with Gasteiger partial charge in [0.2, 0.25) is 0 Å². The Morgan fingerprint density at radius 3 is 2.22 bits per heavy atom. The summed E-state index contributed by atoms with van der Waals surface area (Å²) in [7, 11) is -3.17. The quantitative estimate of drug-likeness (QED) is 0.567. The molecule has 1 fully saturated rings. The lowest BCUT2D eigenvalue weighted by Crippen LogP contribution is -2.43. The highest BCUT2D eigenvalue weighted by atomic mass is 32.2. The van der Waals surface area contributed by atoms with E-state index in [0.29, 0.717) is 25.9 Å². The summed E-state index contributed by atoms with van der Waals surface area (Å²) in [5.41, 5.74) is -0.507. The normalized spacial score (nSPS) is 21.4. The van der Waals surface area contributed by atoms with E-state index in [1.807, 2.05) is 20.8 Å². The summed E-state index contributed by atoms with van der Waals surface area (Å²) in [6.07, 6.45) is 1.62. The first kappa shape index (κ1) is 15.2. The summed E-state index contributed by atoms with van der Waals surface area (Å²) in [4.78, 5) is 13.4. The third kappa shape index (κ3) is 5.68. The zero-order chi connectivity index (χ0) is 14.0. The molecule has 0 radical (unpaired) electrons. The van der Waals surface area contributed by atoms with Crippen LogP contribution in [0, 0.1) is 0 Å². The van der Waals surface area contributed by atoms with Gasteiger partial charge in [-0.25, -0.2) is 13.2 Å². The van der Waals surface area contributed by atoms with E-state index in [1.54, 1.807) is 4.90 Å². The highest BCUT2D eigenvalue weighted by Crippen LogP contribution is 2.18. The lowest BCUT2D eigenvalue weighted by molar-refractivity contribution is 0.0134. The van der Waals surface area contributed by atoms with Gasteiger partial charge in [-0.2, -0.15) is 4.21 Å². The monoisotopic (exact) mass is 280 g/mol. The zero-order valence-corrected chi connectivity index (χ0v) is 12.2. The van der Waals surface area contributed by atoms with Crippen molar-refractivity contribution in [2.24, 2.45) is 0 Å². The first-order valence-electron chi connectivity index (χ1n) is 5.94. The molecule has 0 bridgehead atoms. The molecule has 0 aromatic carbocycles. The highest BCUT2D eigenvalue weighted by molar-refractivity contribution is 7.86. The summed E-state index contributed by atoms with van der Waals surface area (Å²) < 4.78 is 30.5. The van der Waals surface area contributed by atoms with Gasteiger partial charge in [0.1, 0.15) is 11.9 Å². The fourth-order valence-electron chi connectivity index (χ4n) is 1.71. The number of amides is 1. The Morgan fingerprint density at radius 2 is 1.83 bits per heavy atom. The van der Waals surface area contributed by atoms with Gasteiger partial charge in [-0.1, -0.05) is 0 Å². The molecule has 6 nitrogen and oxygen atoms in total. The van der Waals surface area contributed by atoms with E-state index in [1.165, 1.54) is 0 Å². The standard InChI is InChI=1S/C11H21NO5S/c1-11(2,3)16-10(13)12-7-5-9(6-8-12)17-18(4,14)15/h9H,5-8H2,1-4H3/p+1. The van der Waals surface area contributed by atoms with Crippen LogP contribution in [0.15, 0.2) is 0 Å². The molecule has 7 heteroatoms. The highest BCUT2D eigenvalue weighted by Gasteiger charge is 2.29. The van der Waals surface area contributed by atoms with Crippen LogP contribution in [0.4, 0.5) is 4.79 Å². The number of ether oxygens (including phenoxy) is 1. The first-order chi connectivity index (χ1) is 8.07. The molecule has 1 saturated heterocycles. The second-order valence-corrected chi connectivity index (χ2v) is 7.15. The van der Waals surface area contributed by atoms with Crippen LogP contribution in [0.1, 0.15) is 33.6 Å². The van der Waals surface area contributed by atoms with Crippen molar-refractivity contribution < 1.29 is 22.1 Å². The summed E-state index contributed by atoms with van der Waals surface area (Å²) in [5, 5.41) is 0. The molecular weight excluding hydrogens is 258 g/mol. The second kappa shape index (κ2) is 5.44. The Morgan fingerprint density at radius 1 is 1.33 bits per heavy atom. The van der Waals surface area contributed by atoms with E-state index in [4.69, 9.17) is 13.1 Å². The van der Waals surface area contributed by atoms with Gasteiger partial charge < -0.3 is 9.64 Å². The van der Waals surface area contributed by atoms with Crippen molar-refractivity contribution in [1.82, 2.24) is 4.90 Å². The van der Waals surface area contributed by atoms with Crippen LogP contribution in [0.5, 0.6) is 0 Å². The average Bonchev–Trinajstić information content (AvgIpc) is 2.13. The Hall–Kier alpha value is -0.820. The van der Waals surface area contributed by atoms with Crippen molar-refractivity contribution in [2.45, 2.75) is 45.3 Å². The van der Waals surface area contributed by atoms with Crippen molar-refractivity contribution in [3.05, 3.63) is 0 Å². The average molecular weight is 280 g/mol. The molecule has 106 valence electrons. The number of carbonyl (C=O) groups is 1. The fourth-order valence-corrected chi connectivity index (χ4v) is 2.41. The van der Waals surface area contributed by atoms with Crippen molar-refractivity contribution in [1.29, 1.82) is 0 Å². The Balaban J connectivity index is 2.42. The van der Waals surface area contributed by atoms with Gasteiger partial charge in [0.15, 0.2) is 0 Å². The molecular formula is C11H22NO5S+. The zero-order valence-electron chi connectivity index (χ0n) is 11.3. The first-order valence-corrected chi connectivity index (χ1v) is 7.79. The van der Waals surface area contributed by atoms with Crippen LogP contribution >= 0.6 is 0 Å². The van der Waals surface area contributed by atoms with E-state index in [2.05, 4.69) is 0 Å². The number of nitrogens with zero attached hydrogens (tertiary/aromatic N) is 1. The Kier molecular flexibility index (Phi) is 4.61. The molecule has 1 heterocycles. The maximum absolute atomic E-state index is 11.8. The molecule has 1 aliphatic rings. The van der Waals surface area contributed by atoms with Crippen molar-refractivity contribution in [3.8, 4) is 0 Å². The number of hydrogen-bond acceptors (Lipinski definition) is 4. The predicted octanol–water partition coefficient (Wildman–Crippen LogP) is 1.52. The maximum atomic E-state index is 11.8. The van der Waals surface area contributed by atoms with Gasteiger partial charge in [-0.15, -0.1) is 0 Å². The van der Waals surface area contributed by atoms with Crippen LogP contribution in [-0.2, 0) is 19.0 Å². The molecule has 18 heavy (non-hydrogen) atoms. The summed E-state index contributed by atoms with van der Waals surface area (Å²) >= 11 is 0. The largest absolute Gasteiger partial charge is 0.444 e. The number of hydrogen-bond donors (Lipinski definition) is 0. The van der Waals surface area contributed by atoms with E-state index in [0.717, 1.165) is 6.26 Å². The molecule has 1 N–H and O–H groups in total. The number of rotatable bonds is 2. The molecule has 0 spiro atoms. The lowest BCUT2D eigenvalue weighted by atomic mass is 10.1. The molecule has 0 saturated carbocycles. The Bertz CT molecular complexity index is 390. The molecule has 0 aromatic heterocycles. The molecule has 0 aliphatic carbocycles. The summed E-state index contributed by atoms with van der Waals surface area (Å²) in [6.45, 7) is 6.42. The lowest BCUT2D eigenvalue weighted by Gasteiger charge is -2.32. The van der Waals surface area contributed by atoms with Crippen LogP contribution < -0.4 is 0 Å². The van der Waals surface area contributed by atoms with E-state index in [-0.39, 0.29) is 12.2 Å². The Labute approximate surface area is 108 Å². The van der Waals surface area contributed by atoms with E-state index in [9.17, 15) is 9.00 Å². The summed E-state index contributed by atoms with van der Waals surface area (Å²) in [5.74, 6) is 0. The van der Waals surface area contributed by atoms with Gasteiger partial charge in [0.25, 0.3) is 0 Å². The molecule has 1 aliphatic heterocycles. The third-order valence-corrected chi connectivity index (χ3v) is 3.04. The maximum Gasteiger partial charge on any atom is 0.410 e. The number of piperidine rings is 1. The van der Waals surface area contributed by atoms with Gasteiger partial charge in [-0.05, 0) is 33.6 Å². The van der Waals surface area contributed by atoms with Crippen LogP contribution in [0.25, 0.3) is 0 Å². The minimum absolute atomic E-state index is 0.272. The van der Waals surface area contributed by atoms with Gasteiger partial charge in [0.05, 0.1) is 6.10 Å². The summed E-state index contributed by atoms with van der Waals surface area (Å²) in [6, 6.07) is 0. The van der Waals surface area contributed by atoms with Crippen LogP contribution in [0.3, 0.4) is 0 Å². The molecule has 1 atom stereocenters. The van der Waals surface area contributed by atoms with Crippen LogP contribution in [-0.4, -0.2) is 50.5 Å². The van der Waals surface area contributed by atoms with Crippen molar-refractivity contribution in [2.75, 3.05) is 19.3 Å². The minimum Gasteiger partial charge on any atom is -0.444 e. The van der Waals surface area contributed by atoms with Crippen molar-refractivity contribution in [3.63, 3.8) is 0 Å². The predicted molar refractivity (Wildman–Crippen MR) is 67.9 cm³/mol. The second-order valence-electron chi connectivity index (χ2n) is 5.50. The smallest absolute Gasteiger partial charge is 0.410 e. The molecule has 1 unspecified atom stereocenters. The van der Waals surface area contributed by atoms with Gasteiger partial charge in [-0.3, -0.25) is 0 Å². The SMILES string of the molecule is CC(C)(C)OC(=O)N1CCC(OS(C)(=O)=[OH+])CC1. The number of likely N-dealkylation sites (tertiary alicyclic amines) is 1. The van der Waals surface area contributed by atoms with E-state index < -0.39 is 15.7 Å². The van der Waals surface area contributed by atoms with Gasteiger partial charge >= 0.3 is 16.2 Å². The molecule has 1 rings (SSSR count). The molecule has 1 amide bonds. The molecule has 0 aromatic rings. The van der Waals surface area contributed by atoms with Gasteiger partial charge in [0, 0.05) is 13.1 Å². The topological polar surface area (TPSA) is 77.2 Å².